The van der Waals surface area contributed by atoms with Crippen molar-refractivity contribution in [1.82, 2.24) is 9.38 Å². The van der Waals surface area contributed by atoms with E-state index in [0.717, 1.165) is 32.6 Å². The van der Waals surface area contributed by atoms with Crippen LogP contribution in [0.25, 0.3) is 49.1 Å². The number of para-hydroxylation sites is 2. The fourth-order valence-corrected chi connectivity index (χ4v) is 4.27. The molecule has 0 bridgehead atoms. The highest BCUT2D eigenvalue weighted by atomic mass is 35.5. The molecular formula is C23H13ClN2. The lowest BCUT2D eigenvalue weighted by molar-refractivity contribution is 1.32. The van der Waals surface area contributed by atoms with Gasteiger partial charge in [-0.3, -0.25) is 4.40 Å². The molecule has 26 heavy (non-hydrogen) atoms. The van der Waals surface area contributed by atoms with Gasteiger partial charge in [0.05, 0.1) is 16.6 Å². The molecule has 0 unspecified atom stereocenters. The molecule has 4 aromatic carbocycles. The number of benzene rings is 4. The molecule has 0 radical (unpaired) electrons. The SMILES string of the molecule is Clc1ccc2c3c4ccccc4ccc3c3nc4ccccc4n3c2c1. The van der Waals surface area contributed by atoms with Crippen LogP contribution in [0.4, 0.5) is 0 Å². The van der Waals surface area contributed by atoms with Crippen molar-refractivity contribution in [2.45, 2.75) is 0 Å². The fourth-order valence-electron chi connectivity index (χ4n) is 4.10. The number of fused-ring (bicyclic) bond motifs is 10. The minimum atomic E-state index is 0.733. The lowest BCUT2D eigenvalue weighted by Crippen LogP contribution is -1.92. The highest BCUT2D eigenvalue weighted by molar-refractivity contribution is 6.32. The summed E-state index contributed by atoms with van der Waals surface area (Å²) in [6, 6.07) is 27.3. The second kappa shape index (κ2) is 4.96. The summed E-state index contributed by atoms with van der Waals surface area (Å²) >= 11 is 6.37. The molecule has 2 heterocycles. The van der Waals surface area contributed by atoms with Gasteiger partial charge in [-0.1, -0.05) is 60.1 Å². The molecule has 2 aromatic heterocycles. The van der Waals surface area contributed by atoms with E-state index >= 15 is 0 Å². The van der Waals surface area contributed by atoms with Gasteiger partial charge in [0.25, 0.3) is 0 Å². The smallest absolute Gasteiger partial charge is 0.146 e. The highest BCUT2D eigenvalue weighted by Crippen LogP contribution is 2.37. The highest BCUT2D eigenvalue weighted by Gasteiger charge is 2.15. The molecule has 0 saturated carbocycles. The van der Waals surface area contributed by atoms with Crippen molar-refractivity contribution in [2.24, 2.45) is 0 Å². The predicted octanol–water partition coefficient (Wildman–Crippen LogP) is 6.60. The van der Waals surface area contributed by atoms with Gasteiger partial charge in [-0.05, 0) is 41.1 Å². The Labute approximate surface area is 154 Å². The maximum absolute atomic E-state index is 6.37. The first-order chi connectivity index (χ1) is 12.8. The van der Waals surface area contributed by atoms with Gasteiger partial charge in [-0.15, -0.1) is 0 Å². The Kier molecular flexibility index (Phi) is 2.69. The summed E-state index contributed by atoms with van der Waals surface area (Å²) in [5, 5.41) is 6.80. The molecule has 6 rings (SSSR count). The third-order valence-corrected chi connectivity index (χ3v) is 5.44. The minimum Gasteiger partial charge on any atom is -0.292 e. The molecule has 0 saturated heterocycles. The minimum absolute atomic E-state index is 0.733. The Morgan fingerprint density at radius 3 is 2.46 bits per heavy atom. The van der Waals surface area contributed by atoms with Gasteiger partial charge in [0.15, 0.2) is 0 Å². The van der Waals surface area contributed by atoms with Crippen molar-refractivity contribution in [3.63, 3.8) is 0 Å². The zero-order valence-corrected chi connectivity index (χ0v) is 14.5. The number of aromatic nitrogens is 2. The first-order valence-corrected chi connectivity index (χ1v) is 8.99. The van der Waals surface area contributed by atoms with Crippen LogP contribution < -0.4 is 0 Å². The first kappa shape index (κ1) is 14.1. The van der Waals surface area contributed by atoms with E-state index in [1.54, 1.807) is 0 Å². The molecule has 0 aliphatic carbocycles. The van der Waals surface area contributed by atoms with Gasteiger partial charge < -0.3 is 0 Å². The Hall–Kier alpha value is -3.10. The Balaban J connectivity index is 2.05. The topological polar surface area (TPSA) is 17.3 Å². The van der Waals surface area contributed by atoms with Crippen molar-refractivity contribution in [1.29, 1.82) is 0 Å². The van der Waals surface area contributed by atoms with Crippen LogP contribution in [-0.2, 0) is 0 Å². The Morgan fingerprint density at radius 2 is 1.50 bits per heavy atom. The maximum Gasteiger partial charge on any atom is 0.146 e. The van der Waals surface area contributed by atoms with Crippen LogP contribution in [0.2, 0.25) is 5.02 Å². The molecule has 0 atom stereocenters. The summed E-state index contributed by atoms with van der Waals surface area (Å²) in [6.07, 6.45) is 0. The molecule has 0 amide bonds. The number of imidazole rings is 1. The summed E-state index contributed by atoms with van der Waals surface area (Å²) in [5.41, 5.74) is 4.16. The number of hydrogen-bond donors (Lipinski definition) is 0. The molecule has 0 N–H and O–H groups in total. The fraction of sp³-hybridized carbons (Fsp3) is 0. The van der Waals surface area contributed by atoms with Crippen molar-refractivity contribution < 1.29 is 0 Å². The number of nitrogens with zero attached hydrogens (tertiary/aromatic N) is 2. The number of rotatable bonds is 0. The van der Waals surface area contributed by atoms with Crippen molar-refractivity contribution in [3.05, 3.63) is 83.9 Å². The summed E-state index contributed by atoms with van der Waals surface area (Å²) in [5.74, 6) is 0. The van der Waals surface area contributed by atoms with Crippen LogP contribution in [-0.4, -0.2) is 9.38 Å². The van der Waals surface area contributed by atoms with E-state index in [2.05, 4.69) is 65.1 Å². The zero-order valence-electron chi connectivity index (χ0n) is 13.8. The molecule has 0 aliphatic rings. The van der Waals surface area contributed by atoms with Crippen molar-refractivity contribution in [3.8, 4) is 0 Å². The predicted molar refractivity (Wildman–Crippen MR) is 110 cm³/mol. The van der Waals surface area contributed by atoms with Crippen LogP contribution in [0, 0.1) is 0 Å². The molecule has 6 aromatic rings. The lowest BCUT2D eigenvalue weighted by atomic mass is 9.99. The first-order valence-electron chi connectivity index (χ1n) is 8.61. The Morgan fingerprint density at radius 1 is 0.692 bits per heavy atom. The second-order valence-corrected chi connectivity index (χ2v) is 7.07. The Bertz CT molecular complexity index is 1490. The van der Waals surface area contributed by atoms with E-state index in [4.69, 9.17) is 16.6 Å². The van der Waals surface area contributed by atoms with Crippen LogP contribution in [0.15, 0.2) is 78.9 Å². The third-order valence-electron chi connectivity index (χ3n) is 5.20. The summed E-state index contributed by atoms with van der Waals surface area (Å²) < 4.78 is 2.23. The van der Waals surface area contributed by atoms with E-state index in [0.29, 0.717) is 0 Å². The molecule has 0 fully saturated rings. The lowest BCUT2D eigenvalue weighted by Gasteiger charge is -2.12. The van der Waals surface area contributed by atoms with Gasteiger partial charge in [-0.25, -0.2) is 4.98 Å². The molecule has 3 heteroatoms. The van der Waals surface area contributed by atoms with Gasteiger partial charge in [0.1, 0.15) is 5.65 Å². The van der Waals surface area contributed by atoms with E-state index < -0.39 is 0 Å². The summed E-state index contributed by atoms with van der Waals surface area (Å²) in [4.78, 5) is 4.95. The molecular weight excluding hydrogens is 340 g/mol. The van der Waals surface area contributed by atoms with Crippen molar-refractivity contribution >= 4 is 60.7 Å². The van der Waals surface area contributed by atoms with Gasteiger partial charge in [0.2, 0.25) is 0 Å². The van der Waals surface area contributed by atoms with E-state index in [1.165, 1.54) is 21.5 Å². The standard InChI is InChI=1S/C23H13ClN2/c24-15-10-12-17-21(13-15)26-20-8-4-3-7-19(20)25-23(26)18-11-9-14-5-1-2-6-16(14)22(17)18/h1-13H. The second-order valence-electron chi connectivity index (χ2n) is 6.63. The van der Waals surface area contributed by atoms with Gasteiger partial charge >= 0.3 is 0 Å². The van der Waals surface area contributed by atoms with E-state index in [1.807, 2.05) is 18.2 Å². The maximum atomic E-state index is 6.37. The summed E-state index contributed by atoms with van der Waals surface area (Å²) in [7, 11) is 0. The quantitative estimate of drug-likeness (QED) is 0.281. The van der Waals surface area contributed by atoms with Crippen LogP contribution >= 0.6 is 11.6 Å². The normalized spacial score (nSPS) is 12.0. The van der Waals surface area contributed by atoms with Crippen LogP contribution in [0.5, 0.6) is 0 Å². The third kappa shape index (κ3) is 1.74. The summed E-state index contributed by atoms with van der Waals surface area (Å²) in [6.45, 7) is 0. The zero-order chi connectivity index (χ0) is 17.3. The van der Waals surface area contributed by atoms with Gasteiger partial charge in [-0.2, -0.15) is 0 Å². The van der Waals surface area contributed by atoms with Crippen LogP contribution in [0.1, 0.15) is 0 Å². The largest absolute Gasteiger partial charge is 0.292 e. The van der Waals surface area contributed by atoms with E-state index in [-0.39, 0.29) is 0 Å². The van der Waals surface area contributed by atoms with E-state index in [9.17, 15) is 0 Å². The number of hydrogen-bond acceptors (Lipinski definition) is 1. The van der Waals surface area contributed by atoms with Crippen LogP contribution in [0.3, 0.4) is 0 Å². The molecule has 2 nitrogen and oxygen atoms in total. The molecule has 0 aliphatic heterocycles. The number of halogens is 1. The monoisotopic (exact) mass is 352 g/mol. The van der Waals surface area contributed by atoms with Gasteiger partial charge in [0, 0.05) is 21.2 Å². The van der Waals surface area contributed by atoms with Crippen molar-refractivity contribution in [2.75, 3.05) is 0 Å². The average molecular weight is 353 g/mol. The molecule has 122 valence electrons. The average Bonchev–Trinajstić information content (AvgIpc) is 3.07. The molecule has 0 spiro atoms. The number of pyridine rings is 1.